The van der Waals surface area contributed by atoms with Crippen LogP contribution >= 0.6 is 0 Å². The van der Waals surface area contributed by atoms with Gasteiger partial charge in [0.2, 0.25) is 0 Å². The third-order valence-corrected chi connectivity index (χ3v) is 5.08. The lowest BCUT2D eigenvalue weighted by Gasteiger charge is -2.10. The maximum absolute atomic E-state index is 2.30. The molecule has 0 spiro atoms. The fraction of sp³-hybridized carbons (Fsp3) is 0.348. The monoisotopic (exact) mass is 333 g/mol. The first-order valence-electron chi connectivity index (χ1n) is 9.54. The number of para-hydroxylation sites is 2. The standard InChI is InChI=1S/C23H29N2/c1-5-18-11-9-12-19(6-2)22(18)24-15-16-25(17-24)23-20(7-3)13-10-14-21(23)8-4/h9-17H,5-8H2,1-4H3/q+1. The third kappa shape index (κ3) is 3.26. The molecular formula is C23H29N2+. The molecule has 0 radical (unpaired) electrons. The summed E-state index contributed by atoms with van der Waals surface area (Å²) in [4.78, 5) is 0. The number of hydrogen-bond donors (Lipinski definition) is 0. The van der Waals surface area contributed by atoms with Gasteiger partial charge in [0, 0.05) is 0 Å². The number of nitrogens with zero attached hydrogens (tertiary/aromatic N) is 2. The summed E-state index contributed by atoms with van der Waals surface area (Å²) in [5.74, 6) is 0. The van der Waals surface area contributed by atoms with Crippen LogP contribution in [0.25, 0.3) is 11.4 Å². The van der Waals surface area contributed by atoms with Gasteiger partial charge >= 0.3 is 0 Å². The van der Waals surface area contributed by atoms with Gasteiger partial charge in [0.05, 0.1) is 0 Å². The van der Waals surface area contributed by atoms with Crippen molar-refractivity contribution in [2.75, 3.05) is 0 Å². The van der Waals surface area contributed by atoms with E-state index < -0.39 is 0 Å². The molecule has 1 heterocycles. The van der Waals surface area contributed by atoms with Crippen LogP contribution in [0.5, 0.6) is 0 Å². The van der Waals surface area contributed by atoms with E-state index in [1.54, 1.807) is 0 Å². The SMILES string of the molecule is CCc1cccc(CC)c1-n1cc[n+](-c2c(CC)cccc2CC)c1. The zero-order chi connectivity index (χ0) is 17.8. The Morgan fingerprint density at radius 1 is 0.720 bits per heavy atom. The lowest BCUT2D eigenvalue weighted by molar-refractivity contribution is -0.595. The van der Waals surface area contributed by atoms with Crippen molar-refractivity contribution in [2.45, 2.75) is 53.4 Å². The van der Waals surface area contributed by atoms with Gasteiger partial charge < -0.3 is 0 Å². The molecule has 0 aliphatic heterocycles. The van der Waals surface area contributed by atoms with Gasteiger partial charge in [-0.25, -0.2) is 9.13 Å². The molecule has 0 saturated carbocycles. The Morgan fingerprint density at radius 2 is 1.20 bits per heavy atom. The Morgan fingerprint density at radius 3 is 1.68 bits per heavy atom. The molecule has 0 unspecified atom stereocenters. The zero-order valence-electron chi connectivity index (χ0n) is 15.9. The molecule has 2 heteroatoms. The molecule has 0 atom stereocenters. The van der Waals surface area contributed by atoms with E-state index in [4.69, 9.17) is 0 Å². The van der Waals surface area contributed by atoms with Crippen molar-refractivity contribution in [3.8, 4) is 11.4 Å². The van der Waals surface area contributed by atoms with Gasteiger partial charge in [-0.15, -0.1) is 0 Å². The first-order valence-corrected chi connectivity index (χ1v) is 9.54. The molecule has 25 heavy (non-hydrogen) atoms. The molecule has 0 bridgehead atoms. The van der Waals surface area contributed by atoms with E-state index in [1.165, 1.54) is 33.6 Å². The van der Waals surface area contributed by atoms with Crippen LogP contribution in [0.2, 0.25) is 0 Å². The van der Waals surface area contributed by atoms with Gasteiger partial charge in [0.25, 0.3) is 6.33 Å². The first-order chi connectivity index (χ1) is 12.2. The fourth-order valence-corrected chi connectivity index (χ4v) is 3.71. The summed E-state index contributed by atoms with van der Waals surface area (Å²) in [7, 11) is 0. The van der Waals surface area contributed by atoms with E-state index in [0.717, 1.165) is 25.7 Å². The van der Waals surface area contributed by atoms with E-state index in [9.17, 15) is 0 Å². The maximum atomic E-state index is 2.30. The molecule has 2 aromatic carbocycles. The molecule has 3 rings (SSSR count). The normalized spacial score (nSPS) is 11.0. The Hall–Kier alpha value is -2.35. The predicted octanol–water partition coefficient (Wildman–Crippen LogP) is 5.00. The fourth-order valence-electron chi connectivity index (χ4n) is 3.71. The number of imidazole rings is 1. The van der Waals surface area contributed by atoms with Crippen LogP contribution in [0.4, 0.5) is 0 Å². The minimum absolute atomic E-state index is 1.05. The number of hydrogen-bond acceptors (Lipinski definition) is 0. The molecule has 0 aliphatic rings. The van der Waals surface area contributed by atoms with Gasteiger partial charge in [-0.1, -0.05) is 64.1 Å². The van der Waals surface area contributed by atoms with Crippen molar-refractivity contribution in [3.05, 3.63) is 77.4 Å². The summed E-state index contributed by atoms with van der Waals surface area (Å²) in [6.45, 7) is 8.93. The summed E-state index contributed by atoms with van der Waals surface area (Å²) in [5, 5.41) is 0. The van der Waals surface area contributed by atoms with Crippen LogP contribution in [0, 0.1) is 0 Å². The molecule has 0 amide bonds. The highest BCUT2D eigenvalue weighted by atomic mass is 15.1. The quantitative estimate of drug-likeness (QED) is 0.561. The molecule has 130 valence electrons. The van der Waals surface area contributed by atoms with Crippen LogP contribution in [-0.2, 0) is 25.7 Å². The van der Waals surface area contributed by atoms with Crippen molar-refractivity contribution in [2.24, 2.45) is 0 Å². The van der Waals surface area contributed by atoms with Gasteiger partial charge in [0.15, 0.2) is 0 Å². The predicted molar refractivity (Wildman–Crippen MR) is 105 cm³/mol. The smallest absolute Gasteiger partial charge is 0.201 e. The lowest BCUT2D eigenvalue weighted by atomic mass is 10.0. The molecule has 3 aromatic rings. The maximum Gasteiger partial charge on any atom is 0.254 e. The summed E-state index contributed by atoms with van der Waals surface area (Å²) >= 11 is 0. The summed E-state index contributed by atoms with van der Waals surface area (Å²) in [5.41, 5.74) is 8.31. The lowest BCUT2D eigenvalue weighted by Crippen LogP contribution is -2.31. The summed E-state index contributed by atoms with van der Waals surface area (Å²) in [6.07, 6.45) is 10.8. The Balaban J connectivity index is 2.15. The van der Waals surface area contributed by atoms with Crippen molar-refractivity contribution < 1.29 is 4.57 Å². The molecule has 2 nitrogen and oxygen atoms in total. The average Bonchev–Trinajstić information content (AvgIpc) is 3.15. The largest absolute Gasteiger partial charge is 0.254 e. The summed E-state index contributed by atoms with van der Waals surface area (Å²) in [6, 6.07) is 13.3. The second-order valence-electron chi connectivity index (χ2n) is 6.49. The number of rotatable bonds is 6. The Bertz CT molecular complexity index is 744. The van der Waals surface area contributed by atoms with Crippen molar-refractivity contribution in [1.82, 2.24) is 4.57 Å². The van der Waals surface area contributed by atoms with Gasteiger partial charge in [-0.3, -0.25) is 0 Å². The summed E-state index contributed by atoms with van der Waals surface area (Å²) < 4.78 is 4.59. The van der Waals surface area contributed by atoms with E-state index in [2.05, 4.69) is 91.9 Å². The van der Waals surface area contributed by atoms with E-state index in [1.807, 2.05) is 0 Å². The number of aromatic nitrogens is 2. The third-order valence-electron chi connectivity index (χ3n) is 5.08. The number of benzene rings is 2. The number of aryl methyl sites for hydroxylation is 4. The topological polar surface area (TPSA) is 8.81 Å². The van der Waals surface area contributed by atoms with E-state index >= 15 is 0 Å². The van der Waals surface area contributed by atoms with Crippen LogP contribution in [0.1, 0.15) is 49.9 Å². The van der Waals surface area contributed by atoms with Crippen molar-refractivity contribution in [3.63, 3.8) is 0 Å². The van der Waals surface area contributed by atoms with Gasteiger partial charge in [0.1, 0.15) is 23.8 Å². The molecule has 0 saturated heterocycles. The van der Waals surface area contributed by atoms with Gasteiger partial charge in [-0.05, 0) is 47.9 Å². The van der Waals surface area contributed by atoms with Crippen LogP contribution in [-0.4, -0.2) is 4.57 Å². The molecule has 1 aromatic heterocycles. The zero-order valence-corrected chi connectivity index (χ0v) is 15.9. The highest BCUT2D eigenvalue weighted by molar-refractivity contribution is 5.48. The van der Waals surface area contributed by atoms with Crippen LogP contribution < -0.4 is 4.57 Å². The minimum Gasteiger partial charge on any atom is -0.201 e. The van der Waals surface area contributed by atoms with E-state index in [0.29, 0.717) is 0 Å². The van der Waals surface area contributed by atoms with Crippen molar-refractivity contribution >= 4 is 0 Å². The Labute approximate surface area is 151 Å². The second kappa shape index (κ2) is 7.69. The highest BCUT2D eigenvalue weighted by Gasteiger charge is 2.18. The molecular weight excluding hydrogens is 304 g/mol. The minimum atomic E-state index is 1.05. The molecule has 0 fully saturated rings. The van der Waals surface area contributed by atoms with Gasteiger partial charge in [-0.2, -0.15) is 0 Å². The Kier molecular flexibility index (Phi) is 5.37. The second-order valence-corrected chi connectivity index (χ2v) is 6.49. The molecule has 0 aliphatic carbocycles. The molecule has 0 N–H and O–H groups in total. The first kappa shape index (κ1) is 17.5. The van der Waals surface area contributed by atoms with Crippen LogP contribution in [0.3, 0.4) is 0 Å². The highest BCUT2D eigenvalue weighted by Crippen LogP contribution is 2.22. The van der Waals surface area contributed by atoms with Crippen molar-refractivity contribution in [1.29, 1.82) is 0 Å². The average molecular weight is 333 g/mol. The van der Waals surface area contributed by atoms with E-state index in [-0.39, 0.29) is 0 Å². The van der Waals surface area contributed by atoms with Crippen LogP contribution in [0.15, 0.2) is 55.1 Å².